The lowest BCUT2D eigenvalue weighted by molar-refractivity contribution is -0.231. The fourth-order valence-electron chi connectivity index (χ4n) is 4.35. The predicted octanol–water partition coefficient (Wildman–Crippen LogP) is 1.96. The Morgan fingerprint density at radius 1 is 1.03 bits per heavy atom. The highest BCUT2D eigenvalue weighted by atomic mass is 35.5. The zero-order chi connectivity index (χ0) is 23.7. The molecule has 0 spiro atoms. The van der Waals surface area contributed by atoms with E-state index < -0.39 is 37.1 Å². The Balaban J connectivity index is 1.48. The summed E-state index contributed by atoms with van der Waals surface area (Å²) >= 11 is 6.43. The molecule has 1 saturated carbocycles. The van der Waals surface area contributed by atoms with Gasteiger partial charge in [0.25, 0.3) is 0 Å². The maximum absolute atomic E-state index is 11.9. The van der Waals surface area contributed by atoms with E-state index in [0.717, 1.165) is 29.5 Å². The highest BCUT2D eigenvalue weighted by Crippen LogP contribution is 2.34. The van der Waals surface area contributed by atoms with Crippen molar-refractivity contribution < 1.29 is 30.0 Å². The average Bonchev–Trinajstić information content (AvgIpc) is 3.64. The fourth-order valence-corrected chi connectivity index (χ4v) is 4.53. The topological polar surface area (TPSA) is 110 Å². The highest BCUT2D eigenvalue weighted by molar-refractivity contribution is 6.31. The van der Waals surface area contributed by atoms with Crippen molar-refractivity contribution >= 4 is 17.5 Å². The Morgan fingerprint density at radius 3 is 2.30 bits per heavy atom. The second-order valence-corrected chi connectivity index (χ2v) is 9.38. The van der Waals surface area contributed by atoms with Crippen LogP contribution in [-0.2, 0) is 22.5 Å². The van der Waals surface area contributed by atoms with Crippen LogP contribution in [0.4, 0.5) is 0 Å². The Kier molecular flexibility index (Phi) is 7.38. The van der Waals surface area contributed by atoms with E-state index in [-0.39, 0.29) is 5.91 Å². The molecule has 2 aromatic rings. The molecule has 33 heavy (non-hydrogen) atoms. The third-order valence-corrected chi connectivity index (χ3v) is 6.82. The molecular weight excluding hydrogens is 446 g/mol. The SMILES string of the molecule is CC(=O)N(Cc1ccc(Cc2cc([C@@H]3O[C@H](CO)[C@@H](O)[C@H](O)[C@H]3O)ccc2Cl)cc1)C1CC1. The van der Waals surface area contributed by atoms with Gasteiger partial charge in [-0.1, -0.05) is 48.0 Å². The predicted molar refractivity (Wildman–Crippen MR) is 123 cm³/mol. The number of ether oxygens (including phenoxy) is 1. The van der Waals surface area contributed by atoms with E-state index in [0.29, 0.717) is 29.6 Å². The van der Waals surface area contributed by atoms with Gasteiger partial charge in [-0.15, -0.1) is 0 Å². The van der Waals surface area contributed by atoms with Crippen LogP contribution in [0.5, 0.6) is 0 Å². The lowest BCUT2D eigenvalue weighted by Crippen LogP contribution is -2.55. The molecule has 2 aromatic carbocycles. The number of halogens is 1. The van der Waals surface area contributed by atoms with Crippen molar-refractivity contribution in [3.05, 3.63) is 69.7 Å². The van der Waals surface area contributed by atoms with Gasteiger partial charge in [0.2, 0.25) is 5.91 Å². The third kappa shape index (κ3) is 5.40. The first-order valence-electron chi connectivity index (χ1n) is 11.2. The van der Waals surface area contributed by atoms with Gasteiger partial charge in [0.1, 0.15) is 30.5 Å². The van der Waals surface area contributed by atoms with E-state index in [2.05, 4.69) is 0 Å². The van der Waals surface area contributed by atoms with Crippen molar-refractivity contribution in [1.82, 2.24) is 4.90 Å². The molecule has 1 aliphatic carbocycles. The Bertz CT molecular complexity index is 977. The number of aliphatic hydroxyl groups excluding tert-OH is 4. The first-order chi connectivity index (χ1) is 15.8. The average molecular weight is 476 g/mol. The Labute approximate surface area is 198 Å². The molecule has 1 amide bonds. The summed E-state index contributed by atoms with van der Waals surface area (Å²) in [6.45, 7) is 1.74. The molecule has 1 aliphatic heterocycles. The monoisotopic (exact) mass is 475 g/mol. The molecule has 4 rings (SSSR count). The fraction of sp³-hybridized carbons (Fsp3) is 0.480. The van der Waals surface area contributed by atoms with Crippen LogP contribution in [0.2, 0.25) is 5.02 Å². The minimum atomic E-state index is -1.43. The zero-order valence-corrected chi connectivity index (χ0v) is 19.2. The van der Waals surface area contributed by atoms with E-state index >= 15 is 0 Å². The lowest BCUT2D eigenvalue weighted by Gasteiger charge is -2.40. The molecule has 2 aliphatic rings. The summed E-state index contributed by atoms with van der Waals surface area (Å²) in [7, 11) is 0. The van der Waals surface area contributed by atoms with E-state index in [4.69, 9.17) is 16.3 Å². The smallest absolute Gasteiger partial charge is 0.219 e. The van der Waals surface area contributed by atoms with Crippen LogP contribution in [0.15, 0.2) is 42.5 Å². The number of aliphatic hydroxyl groups is 4. The summed E-state index contributed by atoms with van der Waals surface area (Å²) in [5.74, 6) is 0.0957. The van der Waals surface area contributed by atoms with Crippen molar-refractivity contribution in [2.24, 2.45) is 0 Å². The molecule has 5 atom stereocenters. The summed E-state index contributed by atoms with van der Waals surface area (Å²) in [6, 6.07) is 13.7. The molecule has 0 aromatic heterocycles. The van der Waals surface area contributed by atoms with Crippen LogP contribution >= 0.6 is 11.6 Å². The molecule has 0 radical (unpaired) electrons. The summed E-state index contributed by atoms with van der Waals surface area (Å²) in [5.41, 5.74) is 3.53. The van der Waals surface area contributed by atoms with Gasteiger partial charge in [0.15, 0.2) is 0 Å². The molecular formula is C25H30ClNO6. The Hall–Kier alpha value is -2.00. The van der Waals surface area contributed by atoms with Crippen LogP contribution < -0.4 is 0 Å². The number of amides is 1. The number of carbonyl (C=O) groups is 1. The number of hydrogen-bond donors (Lipinski definition) is 4. The maximum Gasteiger partial charge on any atom is 0.219 e. The van der Waals surface area contributed by atoms with Gasteiger partial charge in [-0.25, -0.2) is 0 Å². The standard InChI is InChI=1S/C25H30ClNO6/c1-14(29)27(19-7-8-19)12-16-4-2-15(3-5-16)10-18-11-17(6-9-20(18)26)25-24(32)23(31)22(30)21(13-28)33-25/h2-6,9,11,19,21-25,28,30-32H,7-8,10,12-13H2,1H3/t21-,22-,23+,24-,25+/m1/s1. The first-order valence-corrected chi connectivity index (χ1v) is 11.6. The first kappa shape index (κ1) is 24.1. The maximum atomic E-state index is 11.9. The highest BCUT2D eigenvalue weighted by Gasteiger charge is 2.44. The van der Waals surface area contributed by atoms with Crippen LogP contribution in [-0.4, -0.2) is 68.3 Å². The van der Waals surface area contributed by atoms with Crippen LogP contribution in [0.1, 0.15) is 48.1 Å². The zero-order valence-electron chi connectivity index (χ0n) is 18.5. The minimum absolute atomic E-state index is 0.0957. The van der Waals surface area contributed by atoms with Gasteiger partial charge in [-0.3, -0.25) is 4.79 Å². The quantitative estimate of drug-likeness (QED) is 0.487. The second kappa shape index (κ2) is 10.1. The van der Waals surface area contributed by atoms with Gasteiger partial charge >= 0.3 is 0 Å². The van der Waals surface area contributed by atoms with Crippen molar-refractivity contribution in [3.8, 4) is 0 Å². The van der Waals surface area contributed by atoms with Gasteiger partial charge in [0.05, 0.1) is 6.61 Å². The van der Waals surface area contributed by atoms with Gasteiger partial charge in [0, 0.05) is 24.5 Å². The molecule has 7 nitrogen and oxygen atoms in total. The van der Waals surface area contributed by atoms with E-state index in [1.807, 2.05) is 35.2 Å². The number of rotatable bonds is 7. The Morgan fingerprint density at radius 2 is 1.70 bits per heavy atom. The third-order valence-electron chi connectivity index (χ3n) is 6.45. The van der Waals surface area contributed by atoms with Crippen LogP contribution in [0.3, 0.4) is 0 Å². The van der Waals surface area contributed by atoms with Crippen molar-refractivity contribution in [3.63, 3.8) is 0 Å². The molecule has 2 fully saturated rings. The normalized spacial score (nSPS) is 27.4. The van der Waals surface area contributed by atoms with Gasteiger partial charge < -0.3 is 30.1 Å². The number of nitrogens with zero attached hydrogens (tertiary/aromatic N) is 1. The summed E-state index contributed by atoms with van der Waals surface area (Å²) in [6.07, 6.45) is -3.36. The number of carbonyl (C=O) groups excluding carboxylic acids is 1. The summed E-state index contributed by atoms with van der Waals surface area (Å²) < 4.78 is 5.67. The van der Waals surface area contributed by atoms with Crippen molar-refractivity contribution in [1.29, 1.82) is 0 Å². The summed E-state index contributed by atoms with van der Waals surface area (Å²) in [4.78, 5) is 13.8. The van der Waals surface area contributed by atoms with Crippen LogP contribution in [0.25, 0.3) is 0 Å². The van der Waals surface area contributed by atoms with E-state index in [9.17, 15) is 25.2 Å². The van der Waals surface area contributed by atoms with Crippen molar-refractivity contribution in [2.45, 2.75) is 69.3 Å². The molecule has 1 saturated heterocycles. The molecule has 8 heteroatoms. The number of benzene rings is 2. The second-order valence-electron chi connectivity index (χ2n) is 8.97. The number of hydrogen-bond acceptors (Lipinski definition) is 6. The summed E-state index contributed by atoms with van der Waals surface area (Å²) in [5, 5.41) is 40.6. The largest absolute Gasteiger partial charge is 0.394 e. The lowest BCUT2D eigenvalue weighted by atomic mass is 9.90. The molecule has 178 valence electrons. The molecule has 0 bridgehead atoms. The van der Waals surface area contributed by atoms with Crippen molar-refractivity contribution in [2.75, 3.05) is 6.61 Å². The van der Waals surface area contributed by atoms with E-state index in [1.165, 1.54) is 0 Å². The molecule has 4 N–H and O–H groups in total. The minimum Gasteiger partial charge on any atom is -0.394 e. The van der Waals surface area contributed by atoms with Crippen LogP contribution in [0, 0.1) is 0 Å². The molecule has 0 unspecified atom stereocenters. The van der Waals surface area contributed by atoms with Gasteiger partial charge in [-0.2, -0.15) is 0 Å². The van der Waals surface area contributed by atoms with E-state index in [1.54, 1.807) is 19.1 Å². The van der Waals surface area contributed by atoms with Gasteiger partial charge in [-0.05, 0) is 47.6 Å². The molecule has 1 heterocycles.